The molecule has 2 rings (SSSR count). The molecule has 5 heteroatoms. The lowest BCUT2D eigenvalue weighted by Crippen LogP contribution is -2.24. The van der Waals surface area contributed by atoms with Gasteiger partial charge in [-0.25, -0.2) is 4.39 Å². The fourth-order valence-corrected chi connectivity index (χ4v) is 1.73. The second-order valence-electron chi connectivity index (χ2n) is 4.09. The molecule has 0 amide bonds. The molecule has 0 aliphatic heterocycles. The Labute approximate surface area is 128 Å². The van der Waals surface area contributed by atoms with E-state index in [1.165, 1.54) is 6.07 Å². The highest BCUT2D eigenvalue weighted by Crippen LogP contribution is 2.11. The minimum atomic E-state index is -0.366. The molecule has 0 saturated heterocycles. The Bertz CT molecular complexity index is 654. The summed E-state index contributed by atoms with van der Waals surface area (Å²) in [7, 11) is 0. The zero-order chi connectivity index (χ0) is 14.9. The van der Waals surface area contributed by atoms with Crippen LogP contribution in [-0.4, -0.2) is 11.3 Å². The van der Waals surface area contributed by atoms with Crippen LogP contribution in [0.2, 0.25) is 0 Å². The van der Waals surface area contributed by atoms with Gasteiger partial charge in [0.2, 0.25) is 0 Å². The van der Waals surface area contributed by atoms with E-state index in [0.29, 0.717) is 5.69 Å². The van der Waals surface area contributed by atoms with Crippen LogP contribution in [0.3, 0.4) is 0 Å². The fraction of sp³-hybridized carbons (Fsp3) is 0. The van der Waals surface area contributed by atoms with Gasteiger partial charge in [0, 0.05) is 6.21 Å². The van der Waals surface area contributed by atoms with Crippen LogP contribution in [0.25, 0.3) is 6.08 Å². The normalized spacial score (nSPS) is 10.9. The predicted molar refractivity (Wildman–Crippen MR) is 89.7 cm³/mol. The van der Waals surface area contributed by atoms with E-state index in [-0.39, 0.29) is 10.9 Å². The molecule has 0 radical (unpaired) electrons. The summed E-state index contributed by atoms with van der Waals surface area (Å²) in [6.07, 6.45) is 5.27. The highest BCUT2D eigenvalue weighted by Gasteiger charge is 2.01. The van der Waals surface area contributed by atoms with Gasteiger partial charge in [0.05, 0.1) is 5.69 Å². The van der Waals surface area contributed by atoms with Crippen molar-refractivity contribution < 1.29 is 4.39 Å². The topological polar surface area (TPSA) is 36.4 Å². The Morgan fingerprint density at radius 2 is 1.76 bits per heavy atom. The van der Waals surface area contributed by atoms with Gasteiger partial charge >= 0.3 is 0 Å². The molecular formula is C16H14FN3S. The second kappa shape index (κ2) is 7.91. The van der Waals surface area contributed by atoms with Crippen molar-refractivity contribution in [2.45, 2.75) is 0 Å². The highest BCUT2D eigenvalue weighted by molar-refractivity contribution is 7.80. The van der Waals surface area contributed by atoms with Crippen molar-refractivity contribution in [2.24, 2.45) is 5.10 Å². The number of para-hydroxylation sites is 1. The minimum absolute atomic E-state index is 0.226. The van der Waals surface area contributed by atoms with Crippen LogP contribution >= 0.6 is 12.2 Å². The largest absolute Gasteiger partial charge is 0.329 e. The number of hydrogen-bond acceptors (Lipinski definition) is 2. The Hall–Kier alpha value is -2.53. The number of nitrogens with one attached hydrogen (secondary N) is 2. The average molecular weight is 299 g/mol. The lowest BCUT2D eigenvalue weighted by molar-refractivity contribution is 0.632. The lowest BCUT2D eigenvalue weighted by atomic mass is 10.2. The van der Waals surface area contributed by atoms with Gasteiger partial charge in [-0.05, 0) is 36.0 Å². The molecule has 0 saturated carbocycles. The van der Waals surface area contributed by atoms with Gasteiger partial charge in [-0.1, -0.05) is 48.5 Å². The smallest absolute Gasteiger partial charge is 0.191 e. The monoisotopic (exact) mass is 299 g/mol. The SMILES string of the molecule is Fc1ccccc1NC(=S)N/N=C/C=C/c1ccccc1. The Morgan fingerprint density at radius 3 is 2.52 bits per heavy atom. The van der Waals surface area contributed by atoms with Crippen molar-refractivity contribution in [3.63, 3.8) is 0 Å². The summed E-state index contributed by atoms with van der Waals surface area (Å²) in [5.74, 6) is -0.366. The third-order valence-electron chi connectivity index (χ3n) is 2.54. The Balaban J connectivity index is 1.80. The van der Waals surface area contributed by atoms with Crippen LogP contribution in [0.1, 0.15) is 5.56 Å². The standard InChI is InChI=1S/C16H14FN3S/c17-14-10-4-5-11-15(14)19-16(21)20-18-12-6-9-13-7-2-1-3-8-13/h1-12H,(H2,19,20,21)/b9-6+,18-12+. The van der Waals surface area contributed by atoms with Crippen LogP contribution in [0.5, 0.6) is 0 Å². The number of anilines is 1. The van der Waals surface area contributed by atoms with Crippen molar-refractivity contribution in [2.75, 3.05) is 5.32 Å². The summed E-state index contributed by atoms with van der Waals surface area (Å²) in [6, 6.07) is 16.2. The van der Waals surface area contributed by atoms with Gasteiger partial charge in [-0.15, -0.1) is 0 Å². The molecule has 2 aromatic rings. The molecule has 0 aliphatic carbocycles. The summed E-state index contributed by atoms with van der Waals surface area (Å²) >= 11 is 5.01. The Morgan fingerprint density at radius 1 is 1.05 bits per heavy atom. The maximum absolute atomic E-state index is 13.4. The number of nitrogens with zero attached hydrogens (tertiary/aromatic N) is 1. The van der Waals surface area contributed by atoms with Crippen LogP contribution in [0.4, 0.5) is 10.1 Å². The number of thiocarbonyl (C=S) groups is 1. The van der Waals surface area contributed by atoms with Gasteiger partial charge in [0.15, 0.2) is 5.11 Å². The Kier molecular flexibility index (Phi) is 5.60. The van der Waals surface area contributed by atoms with Gasteiger partial charge in [0.1, 0.15) is 5.82 Å². The number of hydrazone groups is 1. The quantitative estimate of drug-likeness (QED) is 0.512. The van der Waals surface area contributed by atoms with Gasteiger partial charge < -0.3 is 5.32 Å². The summed E-state index contributed by atoms with van der Waals surface area (Å²) in [5.41, 5.74) is 4.01. The zero-order valence-corrected chi connectivity index (χ0v) is 12.0. The zero-order valence-electron chi connectivity index (χ0n) is 11.2. The van der Waals surface area contributed by atoms with Gasteiger partial charge in [-0.3, -0.25) is 5.43 Å². The van der Waals surface area contributed by atoms with E-state index in [1.54, 1.807) is 30.5 Å². The number of benzene rings is 2. The van der Waals surface area contributed by atoms with E-state index in [2.05, 4.69) is 15.8 Å². The molecule has 0 heterocycles. The van der Waals surface area contributed by atoms with Crippen molar-refractivity contribution in [1.82, 2.24) is 5.43 Å². The third-order valence-corrected chi connectivity index (χ3v) is 2.73. The van der Waals surface area contributed by atoms with E-state index in [9.17, 15) is 4.39 Å². The average Bonchev–Trinajstić information content (AvgIpc) is 2.50. The van der Waals surface area contributed by atoms with Crippen molar-refractivity contribution in [1.29, 1.82) is 0 Å². The van der Waals surface area contributed by atoms with Crippen LogP contribution < -0.4 is 10.7 Å². The number of halogens is 1. The molecule has 3 nitrogen and oxygen atoms in total. The first-order valence-electron chi connectivity index (χ1n) is 6.32. The number of allylic oxidation sites excluding steroid dienone is 1. The maximum atomic E-state index is 13.4. The molecule has 2 N–H and O–H groups in total. The third kappa shape index (κ3) is 5.16. The van der Waals surface area contributed by atoms with E-state index in [1.807, 2.05) is 36.4 Å². The van der Waals surface area contributed by atoms with E-state index < -0.39 is 0 Å². The first-order chi connectivity index (χ1) is 10.3. The van der Waals surface area contributed by atoms with Crippen LogP contribution in [0, 0.1) is 5.82 Å². The molecule has 0 atom stereocenters. The molecule has 0 aromatic heterocycles. The van der Waals surface area contributed by atoms with Gasteiger partial charge in [0.25, 0.3) is 0 Å². The summed E-state index contributed by atoms with van der Waals surface area (Å²) < 4.78 is 13.4. The van der Waals surface area contributed by atoms with Gasteiger partial charge in [-0.2, -0.15) is 5.10 Å². The summed E-state index contributed by atoms with van der Waals surface area (Å²) in [5, 5.41) is 6.88. The van der Waals surface area contributed by atoms with Crippen LogP contribution in [0.15, 0.2) is 65.8 Å². The molecule has 0 unspecified atom stereocenters. The lowest BCUT2D eigenvalue weighted by Gasteiger charge is -2.06. The van der Waals surface area contributed by atoms with E-state index in [4.69, 9.17) is 12.2 Å². The summed E-state index contributed by atoms with van der Waals surface area (Å²) in [4.78, 5) is 0. The van der Waals surface area contributed by atoms with Crippen molar-refractivity contribution in [3.05, 3.63) is 72.1 Å². The molecule has 0 bridgehead atoms. The highest BCUT2D eigenvalue weighted by atomic mass is 32.1. The van der Waals surface area contributed by atoms with Crippen LogP contribution in [-0.2, 0) is 0 Å². The van der Waals surface area contributed by atoms with E-state index in [0.717, 1.165) is 5.56 Å². The maximum Gasteiger partial charge on any atom is 0.191 e. The molecule has 0 aliphatic rings. The first kappa shape index (κ1) is 14.9. The molecular weight excluding hydrogens is 285 g/mol. The van der Waals surface area contributed by atoms with E-state index >= 15 is 0 Å². The molecule has 21 heavy (non-hydrogen) atoms. The summed E-state index contributed by atoms with van der Waals surface area (Å²) in [6.45, 7) is 0. The number of rotatable bonds is 4. The number of hydrogen-bond donors (Lipinski definition) is 2. The molecule has 0 fully saturated rings. The molecule has 106 valence electrons. The van der Waals surface area contributed by atoms with Crippen molar-refractivity contribution >= 4 is 35.3 Å². The van der Waals surface area contributed by atoms with Crippen molar-refractivity contribution in [3.8, 4) is 0 Å². The minimum Gasteiger partial charge on any atom is -0.329 e. The second-order valence-corrected chi connectivity index (χ2v) is 4.50. The fourth-order valence-electron chi connectivity index (χ4n) is 1.57. The first-order valence-corrected chi connectivity index (χ1v) is 6.73. The molecule has 0 spiro atoms. The molecule has 2 aromatic carbocycles. The predicted octanol–water partition coefficient (Wildman–Crippen LogP) is 3.81.